The number of rotatable bonds is 7. The third-order valence-corrected chi connectivity index (χ3v) is 3.53. The molecule has 0 aromatic rings. The standard InChI is InChI=1S/C14H26O4/c1-7-10(2)8-14(4,13(16)18-6)9-11(3)12(15)17-5/h10-11H,7-9H2,1-6H3. The first-order valence-electron chi connectivity index (χ1n) is 6.47. The Kier molecular flexibility index (Phi) is 6.96. The first kappa shape index (κ1) is 16.9. The average molecular weight is 258 g/mol. The van der Waals surface area contributed by atoms with E-state index in [9.17, 15) is 9.59 Å². The Morgan fingerprint density at radius 1 is 1.11 bits per heavy atom. The van der Waals surface area contributed by atoms with E-state index in [-0.39, 0.29) is 17.9 Å². The van der Waals surface area contributed by atoms with Crippen molar-refractivity contribution in [3.8, 4) is 0 Å². The first-order chi connectivity index (χ1) is 8.30. The summed E-state index contributed by atoms with van der Waals surface area (Å²) in [5, 5.41) is 0. The quantitative estimate of drug-likeness (QED) is 0.659. The highest BCUT2D eigenvalue weighted by atomic mass is 16.5. The van der Waals surface area contributed by atoms with E-state index < -0.39 is 5.41 Å². The van der Waals surface area contributed by atoms with E-state index in [1.54, 1.807) is 6.92 Å². The molecule has 4 nitrogen and oxygen atoms in total. The molecule has 0 aromatic heterocycles. The lowest BCUT2D eigenvalue weighted by atomic mass is 9.74. The third-order valence-electron chi connectivity index (χ3n) is 3.53. The summed E-state index contributed by atoms with van der Waals surface area (Å²) in [7, 11) is 2.75. The van der Waals surface area contributed by atoms with E-state index in [1.165, 1.54) is 14.2 Å². The molecule has 0 aliphatic heterocycles. The molecule has 0 saturated carbocycles. The van der Waals surface area contributed by atoms with Gasteiger partial charge in [0.2, 0.25) is 0 Å². The van der Waals surface area contributed by atoms with E-state index in [0.29, 0.717) is 12.3 Å². The molecule has 0 bridgehead atoms. The molecule has 0 fully saturated rings. The first-order valence-corrected chi connectivity index (χ1v) is 6.47. The lowest BCUT2D eigenvalue weighted by molar-refractivity contribution is -0.156. The minimum atomic E-state index is -0.627. The Bertz CT molecular complexity index is 288. The second kappa shape index (κ2) is 7.39. The number of esters is 2. The van der Waals surface area contributed by atoms with E-state index in [1.807, 2.05) is 6.92 Å². The summed E-state index contributed by atoms with van der Waals surface area (Å²) < 4.78 is 9.60. The minimum absolute atomic E-state index is 0.251. The van der Waals surface area contributed by atoms with Crippen molar-refractivity contribution in [2.24, 2.45) is 17.3 Å². The van der Waals surface area contributed by atoms with Crippen molar-refractivity contribution >= 4 is 11.9 Å². The number of hydrogen-bond donors (Lipinski definition) is 0. The van der Waals surface area contributed by atoms with Gasteiger partial charge in [0.15, 0.2) is 0 Å². The lowest BCUT2D eigenvalue weighted by Crippen LogP contribution is -2.34. The highest BCUT2D eigenvalue weighted by molar-refractivity contribution is 5.78. The van der Waals surface area contributed by atoms with Gasteiger partial charge < -0.3 is 9.47 Å². The molecule has 3 unspecified atom stereocenters. The van der Waals surface area contributed by atoms with E-state index in [2.05, 4.69) is 13.8 Å². The number of carbonyl (C=O) groups excluding carboxylic acids is 2. The predicted molar refractivity (Wildman–Crippen MR) is 70.0 cm³/mol. The molecule has 0 aromatic carbocycles. The smallest absolute Gasteiger partial charge is 0.311 e. The van der Waals surface area contributed by atoms with Gasteiger partial charge in [-0.2, -0.15) is 0 Å². The summed E-state index contributed by atoms with van der Waals surface area (Å²) in [6.07, 6.45) is 2.17. The highest BCUT2D eigenvalue weighted by Gasteiger charge is 2.38. The maximum absolute atomic E-state index is 12.0. The van der Waals surface area contributed by atoms with Gasteiger partial charge in [-0.25, -0.2) is 0 Å². The Hall–Kier alpha value is -1.06. The van der Waals surface area contributed by atoms with Crippen LogP contribution in [0, 0.1) is 17.3 Å². The van der Waals surface area contributed by atoms with Crippen LogP contribution in [0.4, 0.5) is 0 Å². The molecule has 18 heavy (non-hydrogen) atoms. The number of carbonyl (C=O) groups is 2. The summed E-state index contributed by atoms with van der Waals surface area (Å²) in [5.41, 5.74) is -0.627. The molecule has 3 atom stereocenters. The molecule has 0 spiro atoms. The van der Waals surface area contributed by atoms with Crippen LogP contribution in [0.2, 0.25) is 0 Å². The molecular formula is C14H26O4. The lowest BCUT2D eigenvalue weighted by Gasteiger charge is -2.31. The third kappa shape index (κ3) is 4.67. The van der Waals surface area contributed by atoms with Crippen LogP contribution >= 0.6 is 0 Å². The summed E-state index contributed by atoms with van der Waals surface area (Å²) in [5.74, 6) is -0.421. The second-order valence-electron chi connectivity index (χ2n) is 5.40. The molecule has 4 heteroatoms. The molecule has 0 saturated heterocycles. The van der Waals surface area contributed by atoms with Crippen molar-refractivity contribution in [1.82, 2.24) is 0 Å². The molecule has 0 amide bonds. The number of methoxy groups -OCH3 is 2. The van der Waals surface area contributed by atoms with Gasteiger partial charge in [-0.3, -0.25) is 9.59 Å². The Balaban J connectivity index is 4.87. The molecule has 0 aliphatic carbocycles. The second-order valence-corrected chi connectivity index (χ2v) is 5.40. The zero-order chi connectivity index (χ0) is 14.3. The highest BCUT2D eigenvalue weighted by Crippen LogP contribution is 2.35. The summed E-state index contributed by atoms with van der Waals surface area (Å²) >= 11 is 0. The maximum atomic E-state index is 12.0. The van der Waals surface area contributed by atoms with E-state index >= 15 is 0 Å². The average Bonchev–Trinajstić information content (AvgIpc) is 2.35. The topological polar surface area (TPSA) is 52.6 Å². The van der Waals surface area contributed by atoms with E-state index in [0.717, 1.165) is 12.8 Å². The van der Waals surface area contributed by atoms with Crippen LogP contribution in [0.15, 0.2) is 0 Å². The number of hydrogen-bond acceptors (Lipinski definition) is 4. The summed E-state index contributed by atoms with van der Waals surface area (Å²) in [6, 6.07) is 0. The summed E-state index contributed by atoms with van der Waals surface area (Å²) in [4.78, 5) is 23.4. The van der Waals surface area contributed by atoms with Gasteiger partial charge >= 0.3 is 11.9 Å². The van der Waals surface area contributed by atoms with Crippen LogP contribution in [0.1, 0.15) is 47.0 Å². The maximum Gasteiger partial charge on any atom is 0.311 e. The van der Waals surface area contributed by atoms with Crippen molar-refractivity contribution in [1.29, 1.82) is 0 Å². The molecule has 0 heterocycles. The SMILES string of the molecule is CCC(C)CC(C)(CC(C)C(=O)OC)C(=O)OC. The van der Waals surface area contributed by atoms with Crippen molar-refractivity contribution in [3.05, 3.63) is 0 Å². The van der Waals surface area contributed by atoms with Crippen LogP contribution in [0.25, 0.3) is 0 Å². The largest absolute Gasteiger partial charge is 0.469 e. The van der Waals surface area contributed by atoms with Crippen LogP contribution in [-0.4, -0.2) is 26.2 Å². The van der Waals surface area contributed by atoms with Gasteiger partial charge in [0.1, 0.15) is 0 Å². The normalized spacial score (nSPS) is 17.4. The van der Waals surface area contributed by atoms with Crippen molar-refractivity contribution < 1.29 is 19.1 Å². The van der Waals surface area contributed by atoms with Crippen LogP contribution in [0.3, 0.4) is 0 Å². The van der Waals surface area contributed by atoms with Crippen molar-refractivity contribution in [2.45, 2.75) is 47.0 Å². The number of ether oxygens (including phenoxy) is 2. The van der Waals surface area contributed by atoms with Crippen molar-refractivity contribution in [3.63, 3.8) is 0 Å². The van der Waals surface area contributed by atoms with Gasteiger partial charge in [-0.15, -0.1) is 0 Å². The fraction of sp³-hybridized carbons (Fsp3) is 0.857. The molecule has 0 N–H and O–H groups in total. The summed E-state index contributed by atoms with van der Waals surface area (Å²) in [6.45, 7) is 7.84. The molecule has 0 aliphatic rings. The van der Waals surface area contributed by atoms with Crippen LogP contribution in [-0.2, 0) is 19.1 Å². The fourth-order valence-electron chi connectivity index (χ4n) is 2.37. The fourth-order valence-corrected chi connectivity index (χ4v) is 2.37. The van der Waals surface area contributed by atoms with Crippen LogP contribution in [0.5, 0.6) is 0 Å². The zero-order valence-corrected chi connectivity index (χ0v) is 12.4. The zero-order valence-electron chi connectivity index (χ0n) is 12.4. The monoisotopic (exact) mass is 258 g/mol. The molecule has 0 radical (unpaired) electrons. The Morgan fingerprint density at radius 2 is 1.67 bits per heavy atom. The molecule has 106 valence electrons. The molecular weight excluding hydrogens is 232 g/mol. The van der Waals surface area contributed by atoms with Gasteiger partial charge in [-0.05, 0) is 25.7 Å². The Labute approximate surface area is 110 Å². The van der Waals surface area contributed by atoms with Gasteiger partial charge in [-0.1, -0.05) is 27.2 Å². The predicted octanol–water partition coefficient (Wildman–Crippen LogP) is 2.80. The minimum Gasteiger partial charge on any atom is -0.469 e. The van der Waals surface area contributed by atoms with Crippen molar-refractivity contribution in [2.75, 3.05) is 14.2 Å². The van der Waals surface area contributed by atoms with Gasteiger partial charge in [0.05, 0.1) is 25.6 Å². The van der Waals surface area contributed by atoms with Gasteiger partial charge in [0, 0.05) is 0 Å². The Morgan fingerprint density at radius 3 is 2.06 bits per heavy atom. The van der Waals surface area contributed by atoms with Gasteiger partial charge in [0.25, 0.3) is 0 Å². The molecule has 0 rings (SSSR count). The van der Waals surface area contributed by atoms with Crippen LogP contribution < -0.4 is 0 Å². The van der Waals surface area contributed by atoms with E-state index in [4.69, 9.17) is 9.47 Å².